The number of carbonyl (C=O) groups is 1. The van der Waals surface area contributed by atoms with Crippen LogP contribution in [0.15, 0.2) is 91.5 Å². The van der Waals surface area contributed by atoms with Gasteiger partial charge in [-0.05, 0) is 48.9 Å². The number of para-hydroxylation sites is 1. The lowest BCUT2D eigenvalue weighted by atomic mass is 10.2. The second kappa shape index (κ2) is 9.23. The minimum Gasteiger partial charge on any atom is -0.487 e. The van der Waals surface area contributed by atoms with Crippen LogP contribution in [0.2, 0.25) is 0 Å². The van der Waals surface area contributed by atoms with Crippen LogP contribution in [0.5, 0.6) is 5.75 Å². The zero-order valence-corrected chi connectivity index (χ0v) is 19.1. The molecule has 0 N–H and O–H groups in total. The van der Waals surface area contributed by atoms with Crippen LogP contribution in [0.1, 0.15) is 27.2 Å². The molecule has 0 aliphatic carbocycles. The van der Waals surface area contributed by atoms with Crippen LogP contribution in [-0.2, 0) is 13.2 Å². The van der Waals surface area contributed by atoms with E-state index in [9.17, 15) is 4.79 Å². The zero-order valence-electron chi connectivity index (χ0n) is 19.1. The van der Waals surface area contributed by atoms with Crippen molar-refractivity contribution in [1.29, 1.82) is 0 Å². The molecule has 0 unspecified atom stereocenters. The van der Waals surface area contributed by atoms with E-state index in [0.29, 0.717) is 24.5 Å². The van der Waals surface area contributed by atoms with E-state index in [1.165, 1.54) is 5.56 Å². The summed E-state index contributed by atoms with van der Waals surface area (Å²) in [6, 6.07) is 21.2. The number of hydrogen-bond acceptors (Lipinski definition) is 4. The van der Waals surface area contributed by atoms with Gasteiger partial charge in [0.05, 0.1) is 17.6 Å². The van der Waals surface area contributed by atoms with Gasteiger partial charge in [0.25, 0.3) is 5.91 Å². The van der Waals surface area contributed by atoms with E-state index >= 15 is 0 Å². The van der Waals surface area contributed by atoms with Gasteiger partial charge in [-0.15, -0.1) is 0 Å². The molecule has 0 aliphatic rings. The smallest absolute Gasteiger partial charge is 0.254 e. The van der Waals surface area contributed by atoms with Gasteiger partial charge in [0.2, 0.25) is 0 Å². The fourth-order valence-electron chi connectivity index (χ4n) is 3.83. The highest BCUT2D eigenvalue weighted by atomic mass is 16.5. The number of carbonyl (C=O) groups excluding carboxylic acids is 1. The predicted octanol–water partition coefficient (Wildman–Crippen LogP) is 4.68. The molecule has 170 valence electrons. The van der Waals surface area contributed by atoms with Crippen molar-refractivity contribution in [1.82, 2.24) is 24.1 Å². The Morgan fingerprint density at radius 2 is 1.85 bits per heavy atom. The number of aromatic nitrogens is 4. The molecule has 1 amide bonds. The number of ether oxygens (including phenoxy) is 1. The number of nitrogens with zero attached hydrogens (tertiary/aromatic N) is 5. The van der Waals surface area contributed by atoms with Crippen molar-refractivity contribution in [2.75, 3.05) is 7.05 Å². The molecular formula is C27H25N5O2. The largest absolute Gasteiger partial charge is 0.487 e. The maximum absolute atomic E-state index is 13.0. The molecule has 34 heavy (non-hydrogen) atoms. The maximum atomic E-state index is 13.0. The molecule has 2 aromatic carbocycles. The van der Waals surface area contributed by atoms with Gasteiger partial charge in [-0.1, -0.05) is 30.3 Å². The Bertz CT molecular complexity index is 1440. The molecule has 7 heteroatoms. The summed E-state index contributed by atoms with van der Waals surface area (Å²) in [5, 5.41) is 4.41. The first kappa shape index (κ1) is 21.5. The molecule has 5 rings (SSSR count). The lowest BCUT2D eigenvalue weighted by Gasteiger charge is -2.16. The van der Waals surface area contributed by atoms with E-state index in [0.717, 1.165) is 22.6 Å². The minimum atomic E-state index is -0.0823. The maximum Gasteiger partial charge on any atom is 0.254 e. The highest BCUT2D eigenvalue weighted by molar-refractivity contribution is 5.94. The van der Waals surface area contributed by atoms with Crippen molar-refractivity contribution in [2.45, 2.75) is 20.1 Å². The summed E-state index contributed by atoms with van der Waals surface area (Å²) in [6.07, 6.45) is 7.72. The molecule has 0 saturated carbocycles. The van der Waals surface area contributed by atoms with Crippen LogP contribution in [-0.4, -0.2) is 37.0 Å². The van der Waals surface area contributed by atoms with Crippen LogP contribution >= 0.6 is 0 Å². The van der Waals surface area contributed by atoms with Crippen LogP contribution in [0.3, 0.4) is 0 Å². The lowest BCUT2D eigenvalue weighted by Crippen LogP contribution is -2.26. The van der Waals surface area contributed by atoms with Crippen LogP contribution < -0.4 is 4.74 Å². The Morgan fingerprint density at radius 3 is 2.71 bits per heavy atom. The van der Waals surface area contributed by atoms with Gasteiger partial charge in [0, 0.05) is 43.3 Å². The molecule has 0 radical (unpaired) electrons. The third-order valence-corrected chi connectivity index (χ3v) is 5.54. The average Bonchev–Trinajstić information content (AvgIpc) is 3.49. The van der Waals surface area contributed by atoms with Crippen molar-refractivity contribution < 1.29 is 9.53 Å². The summed E-state index contributed by atoms with van der Waals surface area (Å²) in [5.41, 5.74) is 5.38. The Morgan fingerprint density at radius 1 is 1.00 bits per heavy atom. The summed E-state index contributed by atoms with van der Waals surface area (Å²) in [5.74, 6) is 0.547. The van der Waals surface area contributed by atoms with Gasteiger partial charge in [-0.25, -0.2) is 9.67 Å². The fourth-order valence-corrected chi connectivity index (χ4v) is 3.83. The van der Waals surface area contributed by atoms with Crippen LogP contribution in [0, 0.1) is 6.92 Å². The lowest BCUT2D eigenvalue weighted by molar-refractivity contribution is 0.0784. The first-order valence-electron chi connectivity index (χ1n) is 11.1. The van der Waals surface area contributed by atoms with E-state index in [-0.39, 0.29) is 5.91 Å². The molecule has 0 bridgehead atoms. The van der Waals surface area contributed by atoms with E-state index in [2.05, 4.69) is 10.1 Å². The first-order chi connectivity index (χ1) is 16.5. The first-order valence-corrected chi connectivity index (χ1v) is 11.1. The number of rotatable bonds is 7. The third kappa shape index (κ3) is 4.68. The predicted molar refractivity (Wildman–Crippen MR) is 130 cm³/mol. The number of hydrogen-bond donors (Lipinski definition) is 0. The minimum absolute atomic E-state index is 0.0823. The van der Waals surface area contributed by atoms with Crippen molar-refractivity contribution in [3.8, 4) is 11.4 Å². The molecule has 0 aliphatic heterocycles. The van der Waals surface area contributed by atoms with Gasteiger partial charge in [-0.2, -0.15) is 5.10 Å². The standard InChI is InChI=1S/C27H25N5O2/c1-20-11-12-26-29-23(18-31(26)15-20)19-34-25-10-6-7-22(13-25)27(33)30(2)16-21-14-28-32(17-21)24-8-4-3-5-9-24/h3-15,17-18H,16,19H2,1-2H3. The summed E-state index contributed by atoms with van der Waals surface area (Å²) >= 11 is 0. The Kier molecular flexibility index (Phi) is 5.82. The highest BCUT2D eigenvalue weighted by Crippen LogP contribution is 2.18. The van der Waals surface area contributed by atoms with Gasteiger partial charge >= 0.3 is 0 Å². The Hall–Kier alpha value is -4.39. The van der Waals surface area contributed by atoms with E-state index < -0.39 is 0 Å². The molecule has 0 saturated heterocycles. The number of pyridine rings is 1. The molecule has 0 fully saturated rings. The molecular weight excluding hydrogens is 426 g/mol. The van der Waals surface area contributed by atoms with E-state index in [1.807, 2.05) is 89.2 Å². The Labute approximate surface area is 197 Å². The number of amides is 1. The SMILES string of the molecule is Cc1ccc2nc(COc3cccc(C(=O)N(C)Cc4cnn(-c5ccccc5)c4)c3)cn2c1. The quantitative estimate of drug-likeness (QED) is 0.360. The number of aryl methyl sites for hydroxylation is 1. The summed E-state index contributed by atoms with van der Waals surface area (Å²) < 4.78 is 9.73. The monoisotopic (exact) mass is 451 g/mol. The third-order valence-electron chi connectivity index (χ3n) is 5.54. The zero-order chi connectivity index (χ0) is 23.5. The summed E-state index contributed by atoms with van der Waals surface area (Å²) in [7, 11) is 1.79. The van der Waals surface area contributed by atoms with Gasteiger partial charge in [0.15, 0.2) is 0 Å². The number of fused-ring (bicyclic) bond motifs is 1. The molecule has 5 aromatic rings. The molecule has 0 spiro atoms. The van der Waals surface area contributed by atoms with Gasteiger partial charge < -0.3 is 14.0 Å². The van der Waals surface area contributed by atoms with Gasteiger partial charge in [0.1, 0.15) is 18.0 Å². The Balaban J connectivity index is 1.23. The second-order valence-electron chi connectivity index (χ2n) is 8.31. The topological polar surface area (TPSA) is 64.7 Å². The summed E-state index contributed by atoms with van der Waals surface area (Å²) in [6.45, 7) is 2.83. The fraction of sp³-hybridized carbons (Fsp3) is 0.148. The van der Waals surface area contributed by atoms with Crippen LogP contribution in [0.25, 0.3) is 11.3 Å². The molecule has 0 atom stereocenters. The van der Waals surface area contributed by atoms with Gasteiger partial charge in [-0.3, -0.25) is 4.79 Å². The molecule has 7 nitrogen and oxygen atoms in total. The normalized spacial score (nSPS) is 11.0. The number of imidazole rings is 1. The highest BCUT2D eigenvalue weighted by Gasteiger charge is 2.14. The molecule has 3 aromatic heterocycles. The van der Waals surface area contributed by atoms with Crippen molar-refractivity contribution >= 4 is 11.6 Å². The van der Waals surface area contributed by atoms with E-state index in [1.54, 1.807) is 30.3 Å². The van der Waals surface area contributed by atoms with Crippen molar-refractivity contribution in [2.24, 2.45) is 0 Å². The van der Waals surface area contributed by atoms with E-state index in [4.69, 9.17) is 4.74 Å². The second-order valence-corrected chi connectivity index (χ2v) is 8.31. The van der Waals surface area contributed by atoms with Crippen LogP contribution in [0.4, 0.5) is 0 Å². The molecule has 3 heterocycles. The van der Waals surface area contributed by atoms with Crippen molar-refractivity contribution in [3.63, 3.8) is 0 Å². The van der Waals surface area contributed by atoms with Crippen molar-refractivity contribution in [3.05, 3.63) is 114 Å². The summed E-state index contributed by atoms with van der Waals surface area (Å²) in [4.78, 5) is 19.3. The average molecular weight is 452 g/mol. The number of benzene rings is 2.